The highest BCUT2D eigenvalue weighted by Crippen LogP contribution is 2.40. The lowest BCUT2D eigenvalue weighted by Crippen LogP contribution is -2.29. The number of rotatable bonds is 7. The minimum absolute atomic E-state index is 0.00936. The normalized spacial score (nSPS) is 16.7. The van der Waals surface area contributed by atoms with E-state index in [-0.39, 0.29) is 17.9 Å². The zero-order valence-corrected chi connectivity index (χ0v) is 20.2. The zero-order valence-electron chi connectivity index (χ0n) is 20.2. The van der Waals surface area contributed by atoms with Crippen LogP contribution in [-0.4, -0.2) is 31.7 Å². The lowest BCUT2D eigenvalue weighted by atomic mass is 9.97. The van der Waals surface area contributed by atoms with Gasteiger partial charge < -0.3 is 14.7 Å². The topological polar surface area (TPSA) is 92.6 Å². The second-order valence-electron chi connectivity index (χ2n) is 8.79. The number of amides is 1. The Hall–Kier alpha value is -4.78. The molecule has 5 rings (SSSR count). The summed E-state index contributed by atoms with van der Waals surface area (Å²) in [7, 11) is 0. The van der Waals surface area contributed by atoms with E-state index in [1.807, 2.05) is 37.3 Å². The van der Waals surface area contributed by atoms with Gasteiger partial charge in [-0.25, -0.2) is 0 Å². The summed E-state index contributed by atoms with van der Waals surface area (Å²) in [6.45, 7) is 2.46. The molecule has 37 heavy (non-hydrogen) atoms. The molecule has 1 aliphatic rings. The number of benzene rings is 2. The molecule has 1 saturated heterocycles. The molecule has 7 nitrogen and oxygen atoms in total. The van der Waals surface area contributed by atoms with Crippen molar-refractivity contribution in [2.75, 3.05) is 0 Å². The van der Waals surface area contributed by atoms with Crippen molar-refractivity contribution in [3.8, 4) is 5.75 Å². The fourth-order valence-electron chi connectivity index (χ4n) is 4.42. The number of aliphatic hydroxyl groups excluding tert-OH is 1. The van der Waals surface area contributed by atoms with Gasteiger partial charge in [-0.1, -0.05) is 36.4 Å². The molecular weight excluding hydrogens is 466 g/mol. The van der Waals surface area contributed by atoms with Gasteiger partial charge in [-0.3, -0.25) is 19.6 Å². The zero-order chi connectivity index (χ0) is 25.8. The van der Waals surface area contributed by atoms with E-state index in [1.165, 1.54) is 4.90 Å². The molecule has 1 unspecified atom stereocenters. The Balaban J connectivity index is 1.50. The van der Waals surface area contributed by atoms with Crippen LogP contribution in [0.1, 0.15) is 34.0 Å². The number of hydrogen-bond acceptors (Lipinski definition) is 6. The second-order valence-corrected chi connectivity index (χ2v) is 8.79. The minimum Gasteiger partial charge on any atom is -0.507 e. The van der Waals surface area contributed by atoms with E-state index < -0.39 is 17.7 Å². The molecule has 1 atom stereocenters. The van der Waals surface area contributed by atoms with Crippen molar-refractivity contribution in [1.82, 2.24) is 14.9 Å². The molecule has 0 radical (unpaired) electrons. The van der Waals surface area contributed by atoms with E-state index in [9.17, 15) is 14.7 Å². The lowest BCUT2D eigenvalue weighted by molar-refractivity contribution is -0.140. The molecule has 0 spiro atoms. The summed E-state index contributed by atoms with van der Waals surface area (Å²) < 4.78 is 5.95. The molecule has 0 saturated carbocycles. The number of likely N-dealkylation sites (tertiary alicyclic amines) is 1. The number of ketones is 1. The first kappa shape index (κ1) is 23.9. The van der Waals surface area contributed by atoms with Crippen LogP contribution in [0.2, 0.25) is 0 Å². The van der Waals surface area contributed by atoms with Crippen LogP contribution in [0.4, 0.5) is 0 Å². The van der Waals surface area contributed by atoms with Gasteiger partial charge in [0.1, 0.15) is 24.2 Å². The van der Waals surface area contributed by atoms with Gasteiger partial charge in [-0.15, -0.1) is 0 Å². The van der Waals surface area contributed by atoms with E-state index in [4.69, 9.17) is 4.74 Å². The van der Waals surface area contributed by atoms with E-state index in [1.54, 1.807) is 67.1 Å². The fourth-order valence-corrected chi connectivity index (χ4v) is 4.42. The molecule has 1 aliphatic heterocycles. The predicted octanol–water partition coefficient (Wildman–Crippen LogP) is 4.99. The number of aryl methyl sites for hydroxylation is 1. The molecular formula is C30H25N3O4. The van der Waals surface area contributed by atoms with Gasteiger partial charge >= 0.3 is 0 Å². The number of carbonyl (C=O) groups is 2. The highest BCUT2D eigenvalue weighted by Gasteiger charge is 2.46. The molecule has 2 aromatic carbocycles. The van der Waals surface area contributed by atoms with Crippen LogP contribution in [-0.2, 0) is 22.7 Å². The molecule has 1 fully saturated rings. The molecule has 1 amide bonds. The third kappa shape index (κ3) is 4.97. The summed E-state index contributed by atoms with van der Waals surface area (Å²) in [5.74, 6) is -1.01. The monoisotopic (exact) mass is 491 g/mol. The number of nitrogens with zero attached hydrogens (tertiary/aromatic N) is 3. The Kier molecular flexibility index (Phi) is 6.76. The standard InChI is InChI=1S/C30H25N3O4/c1-20-17-23(10-11-25(20)37-19-22-7-3-2-4-8-22)28(34)26-27(24-9-5-6-14-32-24)33(30(36)29(26)35)18-21-12-15-31-16-13-21/h2-17,27,34H,18-19H2,1H3/b28-26-. The number of aliphatic hydroxyl groups is 1. The SMILES string of the molecule is Cc1cc(/C(O)=C2/C(=O)C(=O)N(Cc3ccncc3)C2c2ccccn2)ccc1OCc1ccccc1. The maximum atomic E-state index is 13.2. The van der Waals surface area contributed by atoms with E-state index in [2.05, 4.69) is 9.97 Å². The van der Waals surface area contributed by atoms with Gasteiger partial charge in [-0.05, 0) is 66.1 Å². The highest BCUT2D eigenvalue weighted by molar-refractivity contribution is 6.46. The quantitative estimate of drug-likeness (QED) is 0.223. The summed E-state index contributed by atoms with van der Waals surface area (Å²) in [6, 6.07) is 23.1. The number of Topliss-reactive ketones (excluding diaryl/α,β-unsaturated/α-hetero) is 1. The van der Waals surface area contributed by atoms with Gasteiger partial charge in [0.2, 0.25) is 0 Å². The maximum Gasteiger partial charge on any atom is 0.296 e. The molecule has 1 N–H and O–H groups in total. The average molecular weight is 492 g/mol. The van der Waals surface area contributed by atoms with E-state index in [0.29, 0.717) is 23.6 Å². The minimum atomic E-state index is -0.830. The summed E-state index contributed by atoms with van der Waals surface area (Å²) >= 11 is 0. The number of pyridine rings is 2. The van der Waals surface area contributed by atoms with Crippen molar-refractivity contribution < 1.29 is 19.4 Å². The second kappa shape index (κ2) is 10.5. The van der Waals surface area contributed by atoms with Crippen LogP contribution < -0.4 is 4.74 Å². The summed E-state index contributed by atoms with van der Waals surface area (Å²) in [5, 5.41) is 11.3. The van der Waals surface area contributed by atoms with Crippen LogP contribution in [0.5, 0.6) is 5.75 Å². The summed E-state index contributed by atoms with van der Waals surface area (Å²) in [5.41, 5.74) is 3.58. The Bertz CT molecular complexity index is 1450. The first-order valence-corrected chi connectivity index (χ1v) is 11.9. The Morgan fingerprint density at radius 1 is 0.919 bits per heavy atom. The van der Waals surface area contributed by atoms with E-state index >= 15 is 0 Å². The van der Waals surface area contributed by atoms with Gasteiger partial charge in [0, 0.05) is 30.7 Å². The Labute approximate surface area is 214 Å². The molecule has 0 aliphatic carbocycles. The van der Waals surface area contributed by atoms with Crippen molar-refractivity contribution in [2.45, 2.75) is 26.1 Å². The van der Waals surface area contributed by atoms with Gasteiger partial charge in [-0.2, -0.15) is 0 Å². The smallest absolute Gasteiger partial charge is 0.296 e. The third-order valence-electron chi connectivity index (χ3n) is 6.30. The fraction of sp³-hybridized carbons (Fsp3) is 0.133. The molecule has 0 bridgehead atoms. The molecule has 184 valence electrons. The average Bonchev–Trinajstić information content (AvgIpc) is 3.18. The first-order chi connectivity index (χ1) is 18.0. The summed E-state index contributed by atoms with van der Waals surface area (Å²) in [6.07, 6.45) is 4.86. The number of hydrogen-bond donors (Lipinski definition) is 1. The first-order valence-electron chi connectivity index (χ1n) is 11.9. The van der Waals surface area contributed by atoms with Gasteiger partial charge in [0.15, 0.2) is 0 Å². The van der Waals surface area contributed by atoms with Crippen LogP contribution in [0.15, 0.2) is 103 Å². The maximum absolute atomic E-state index is 13.2. The number of aromatic nitrogens is 2. The highest BCUT2D eigenvalue weighted by atomic mass is 16.5. The van der Waals surface area contributed by atoms with Crippen LogP contribution >= 0.6 is 0 Å². The summed E-state index contributed by atoms with van der Waals surface area (Å²) in [4.78, 5) is 36.3. The molecule has 7 heteroatoms. The van der Waals surface area contributed by atoms with Crippen molar-refractivity contribution in [3.63, 3.8) is 0 Å². The molecule has 2 aromatic heterocycles. The van der Waals surface area contributed by atoms with Crippen molar-refractivity contribution in [3.05, 3.63) is 131 Å². The number of carbonyl (C=O) groups excluding carboxylic acids is 2. The van der Waals surface area contributed by atoms with Gasteiger partial charge in [0.25, 0.3) is 11.7 Å². The lowest BCUT2D eigenvalue weighted by Gasteiger charge is -2.24. The third-order valence-corrected chi connectivity index (χ3v) is 6.30. The Morgan fingerprint density at radius 3 is 2.38 bits per heavy atom. The van der Waals surface area contributed by atoms with Crippen LogP contribution in [0.25, 0.3) is 5.76 Å². The van der Waals surface area contributed by atoms with Crippen LogP contribution in [0.3, 0.4) is 0 Å². The van der Waals surface area contributed by atoms with Crippen LogP contribution in [0, 0.1) is 6.92 Å². The largest absolute Gasteiger partial charge is 0.507 e. The van der Waals surface area contributed by atoms with Gasteiger partial charge in [0.05, 0.1) is 11.3 Å². The molecule has 3 heterocycles. The van der Waals surface area contributed by atoms with Crippen molar-refractivity contribution in [2.24, 2.45) is 0 Å². The van der Waals surface area contributed by atoms with Crippen molar-refractivity contribution >= 4 is 17.4 Å². The number of ether oxygens (including phenoxy) is 1. The predicted molar refractivity (Wildman–Crippen MR) is 138 cm³/mol. The van der Waals surface area contributed by atoms with E-state index in [0.717, 1.165) is 16.7 Å². The van der Waals surface area contributed by atoms with Crippen molar-refractivity contribution in [1.29, 1.82) is 0 Å². The molecule has 4 aromatic rings. The Morgan fingerprint density at radius 2 is 1.68 bits per heavy atom.